The largest absolute Gasteiger partial charge is 0.426 e. The third-order valence-electron chi connectivity index (χ3n) is 3.58. The lowest BCUT2D eigenvalue weighted by atomic mass is 9.88. The summed E-state index contributed by atoms with van der Waals surface area (Å²) in [7, 11) is -1.96. The third kappa shape index (κ3) is 6.22. The fourth-order valence-corrected chi connectivity index (χ4v) is 2.99. The highest BCUT2D eigenvalue weighted by Crippen LogP contribution is 2.31. The predicted molar refractivity (Wildman–Crippen MR) is 93.4 cm³/mol. The van der Waals surface area contributed by atoms with E-state index in [-0.39, 0.29) is 12.5 Å². The first-order chi connectivity index (χ1) is 11.1. The van der Waals surface area contributed by atoms with Gasteiger partial charge in [-0.2, -0.15) is 8.42 Å². The molecule has 0 fully saturated rings. The van der Waals surface area contributed by atoms with Gasteiger partial charge in [0.15, 0.2) is 0 Å². The van der Waals surface area contributed by atoms with Crippen LogP contribution in [0, 0.1) is 5.41 Å². The van der Waals surface area contributed by atoms with Crippen LogP contribution in [0.25, 0.3) is 0 Å². The van der Waals surface area contributed by atoms with Crippen LogP contribution in [0.15, 0.2) is 24.3 Å². The van der Waals surface area contributed by atoms with Gasteiger partial charge in [0.05, 0.1) is 11.7 Å². The Morgan fingerprint density at radius 2 is 1.92 bits per heavy atom. The monoisotopic (exact) mass is 357 g/mol. The molecule has 0 heterocycles. The van der Waals surface area contributed by atoms with Gasteiger partial charge in [0.1, 0.15) is 11.9 Å². The molecule has 1 N–H and O–H groups in total. The number of hydrogen-bond donors (Lipinski definition) is 1. The smallest absolute Gasteiger partial charge is 0.316 e. The highest BCUT2D eigenvalue weighted by molar-refractivity contribution is 7.86. The lowest BCUT2D eigenvalue weighted by Crippen LogP contribution is -2.30. The van der Waals surface area contributed by atoms with E-state index in [0.717, 1.165) is 12.7 Å². The summed E-state index contributed by atoms with van der Waals surface area (Å²) in [4.78, 5) is 12.4. The van der Waals surface area contributed by atoms with Gasteiger partial charge in [-0.15, -0.1) is 0 Å². The van der Waals surface area contributed by atoms with Crippen LogP contribution in [0.1, 0.15) is 45.3 Å². The molecule has 0 bridgehead atoms. The van der Waals surface area contributed by atoms with Gasteiger partial charge < -0.3 is 10.1 Å². The average Bonchev–Trinajstić information content (AvgIpc) is 2.46. The quantitative estimate of drug-likeness (QED) is 0.416. The number of ether oxygens (including phenoxy) is 1. The Morgan fingerprint density at radius 1 is 1.29 bits per heavy atom. The maximum absolute atomic E-state index is 12.4. The molecule has 1 unspecified atom stereocenters. The second-order valence-electron chi connectivity index (χ2n) is 6.41. The van der Waals surface area contributed by atoms with Crippen LogP contribution in [0.5, 0.6) is 5.75 Å². The Balaban J connectivity index is 3.11. The van der Waals surface area contributed by atoms with Crippen molar-refractivity contribution in [2.24, 2.45) is 5.41 Å². The Labute approximate surface area is 144 Å². The molecular weight excluding hydrogens is 330 g/mol. The molecule has 0 amide bonds. The standard InChI is InChI=1S/C17H27NO5S/c1-6-11-17(2,3)16(19)22-14-10-8-7-9-13(14)15(12-18-4)23-24(5,20)21/h7-10,15,18H,6,11-12H2,1-5H3. The van der Waals surface area contributed by atoms with Gasteiger partial charge in [-0.25, -0.2) is 0 Å². The molecule has 1 aromatic rings. The topological polar surface area (TPSA) is 81.7 Å². The van der Waals surface area contributed by atoms with E-state index in [2.05, 4.69) is 5.32 Å². The number of hydrogen-bond acceptors (Lipinski definition) is 6. The van der Waals surface area contributed by atoms with E-state index in [1.54, 1.807) is 31.3 Å². The van der Waals surface area contributed by atoms with Crippen molar-refractivity contribution in [3.05, 3.63) is 29.8 Å². The molecule has 0 saturated heterocycles. The van der Waals surface area contributed by atoms with E-state index in [9.17, 15) is 13.2 Å². The van der Waals surface area contributed by atoms with Crippen molar-refractivity contribution in [1.29, 1.82) is 0 Å². The second-order valence-corrected chi connectivity index (χ2v) is 8.01. The Bertz CT molecular complexity index is 655. The number of esters is 1. The number of benzene rings is 1. The van der Waals surface area contributed by atoms with Gasteiger partial charge in [-0.3, -0.25) is 8.98 Å². The molecule has 0 aliphatic heterocycles. The minimum Gasteiger partial charge on any atom is -0.426 e. The van der Waals surface area contributed by atoms with E-state index < -0.39 is 21.6 Å². The molecule has 0 spiro atoms. The summed E-state index contributed by atoms with van der Waals surface area (Å²) in [6.07, 6.45) is 1.79. The lowest BCUT2D eigenvalue weighted by molar-refractivity contribution is -0.144. The minimum atomic E-state index is -3.66. The molecule has 0 radical (unpaired) electrons. The van der Waals surface area contributed by atoms with Crippen molar-refractivity contribution in [2.45, 2.75) is 39.7 Å². The molecule has 136 valence electrons. The summed E-state index contributed by atoms with van der Waals surface area (Å²) in [5.41, 5.74) is -0.101. The fraction of sp³-hybridized carbons (Fsp3) is 0.588. The maximum atomic E-state index is 12.4. The number of carbonyl (C=O) groups is 1. The van der Waals surface area contributed by atoms with Crippen LogP contribution in [-0.2, 0) is 19.1 Å². The highest BCUT2D eigenvalue weighted by Gasteiger charge is 2.30. The van der Waals surface area contributed by atoms with Crippen molar-refractivity contribution in [3.63, 3.8) is 0 Å². The molecule has 0 aliphatic carbocycles. The second kappa shape index (κ2) is 8.60. The number of carbonyl (C=O) groups excluding carboxylic acids is 1. The summed E-state index contributed by atoms with van der Waals surface area (Å²) in [6, 6.07) is 6.82. The van der Waals surface area contributed by atoms with E-state index in [4.69, 9.17) is 8.92 Å². The maximum Gasteiger partial charge on any atom is 0.316 e. The van der Waals surface area contributed by atoms with Gasteiger partial charge in [0.2, 0.25) is 0 Å². The normalized spacial score (nSPS) is 13.5. The van der Waals surface area contributed by atoms with Crippen molar-refractivity contribution in [3.8, 4) is 5.75 Å². The molecule has 1 rings (SSSR count). The average molecular weight is 357 g/mol. The molecule has 1 aromatic carbocycles. The number of nitrogens with one attached hydrogen (secondary N) is 1. The minimum absolute atomic E-state index is 0.264. The van der Waals surface area contributed by atoms with Crippen molar-refractivity contribution >= 4 is 16.1 Å². The number of para-hydroxylation sites is 1. The first-order valence-electron chi connectivity index (χ1n) is 7.94. The van der Waals surface area contributed by atoms with E-state index >= 15 is 0 Å². The van der Waals surface area contributed by atoms with Crippen LogP contribution in [0.4, 0.5) is 0 Å². The Kier molecular flexibility index (Phi) is 7.38. The first-order valence-corrected chi connectivity index (χ1v) is 9.76. The zero-order chi connectivity index (χ0) is 18.4. The van der Waals surface area contributed by atoms with Crippen LogP contribution >= 0.6 is 0 Å². The van der Waals surface area contributed by atoms with E-state index in [1.807, 2.05) is 20.8 Å². The summed E-state index contributed by atoms with van der Waals surface area (Å²) >= 11 is 0. The number of likely N-dealkylation sites (N-methyl/N-ethyl adjacent to an activating group) is 1. The highest BCUT2D eigenvalue weighted by atomic mass is 32.2. The molecule has 1 atom stereocenters. The summed E-state index contributed by atoms with van der Waals surface area (Å²) in [6.45, 7) is 5.94. The Morgan fingerprint density at radius 3 is 2.46 bits per heavy atom. The summed E-state index contributed by atoms with van der Waals surface area (Å²) in [5.74, 6) is -0.0325. The van der Waals surface area contributed by atoms with E-state index in [1.165, 1.54) is 0 Å². The predicted octanol–water partition coefficient (Wildman–Crippen LogP) is 2.66. The molecule has 0 aliphatic rings. The van der Waals surface area contributed by atoms with Crippen molar-refractivity contribution in [2.75, 3.05) is 19.8 Å². The Hall–Kier alpha value is -1.44. The number of rotatable bonds is 9. The molecular formula is C17H27NO5S. The van der Waals surface area contributed by atoms with Crippen LogP contribution in [-0.4, -0.2) is 34.2 Å². The first kappa shape index (κ1) is 20.6. The fourth-order valence-electron chi connectivity index (χ4n) is 2.40. The van der Waals surface area contributed by atoms with Crippen LogP contribution in [0.2, 0.25) is 0 Å². The van der Waals surface area contributed by atoms with Crippen molar-refractivity contribution in [1.82, 2.24) is 5.32 Å². The van der Waals surface area contributed by atoms with E-state index in [0.29, 0.717) is 17.7 Å². The van der Waals surface area contributed by atoms with Crippen LogP contribution in [0.3, 0.4) is 0 Å². The van der Waals surface area contributed by atoms with Gasteiger partial charge in [0, 0.05) is 12.1 Å². The molecule has 0 aromatic heterocycles. The molecule has 6 nitrogen and oxygen atoms in total. The summed E-state index contributed by atoms with van der Waals surface area (Å²) < 4.78 is 33.7. The van der Waals surface area contributed by atoms with Gasteiger partial charge in [-0.1, -0.05) is 31.5 Å². The zero-order valence-corrected chi connectivity index (χ0v) is 15.8. The van der Waals surface area contributed by atoms with Crippen molar-refractivity contribution < 1.29 is 22.1 Å². The molecule has 7 heteroatoms. The SMILES string of the molecule is CCCC(C)(C)C(=O)Oc1ccccc1C(CNC)OS(C)(=O)=O. The van der Waals surface area contributed by atoms with Crippen LogP contribution < -0.4 is 10.1 Å². The van der Waals surface area contributed by atoms with Gasteiger partial charge in [0.25, 0.3) is 10.1 Å². The summed E-state index contributed by atoms with van der Waals surface area (Å²) in [5, 5.41) is 2.89. The third-order valence-corrected chi connectivity index (χ3v) is 4.16. The zero-order valence-electron chi connectivity index (χ0n) is 15.0. The molecule has 24 heavy (non-hydrogen) atoms. The van der Waals surface area contributed by atoms with Gasteiger partial charge >= 0.3 is 5.97 Å². The molecule has 0 saturated carbocycles. The van der Waals surface area contributed by atoms with Gasteiger partial charge in [-0.05, 0) is 33.4 Å². The lowest BCUT2D eigenvalue weighted by Gasteiger charge is -2.24.